The monoisotopic (exact) mass is 331 g/mol. The minimum Gasteiger partial charge on any atom is -0.383 e. The van der Waals surface area contributed by atoms with Crippen LogP contribution in [0.2, 0.25) is 0 Å². The topological polar surface area (TPSA) is 68.8 Å². The second-order valence-corrected chi connectivity index (χ2v) is 5.18. The molecule has 3 rings (SSSR count). The Morgan fingerprint density at radius 1 is 1.33 bits per heavy atom. The summed E-state index contributed by atoms with van der Waals surface area (Å²) in [7, 11) is 0. The standard InChI is InChI=1S/C11H14BrN5.ClH/c12-8-5-17(7-1-3-14-4-2-7)11-9(8)10(13)15-6-16-11;/h5-7,14H,1-4H2,(H2,13,15,16);1H. The van der Waals surface area contributed by atoms with Gasteiger partial charge in [-0.05, 0) is 41.9 Å². The average Bonchev–Trinajstić information content (AvgIpc) is 2.69. The zero-order valence-corrected chi connectivity index (χ0v) is 12.2. The number of rotatable bonds is 1. The SMILES string of the molecule is Cl.Nc1ncnc2c1c(Br)cn2C1CCNCC1. The number of piperidine rings is 1. The van der Waals surface area contributed by atoms with Crippen LogP contribution in [0.25, 0.3) is 11.0 Å². The van der Waals surface area contributed by atoms with Gasteiger partial charge in [0.05, 0.1) is 5.39 Å². The molecule has 2 aromatic rings. The van der Waals surface area contributed by atoms with Crippen LogP contribution in [-0.4, -0.2) is 27.6 Å². The van der Waals surface area contributed by atoms with E-state index in [9.17, 15) is 0 Å². The Morgan fingerprint density at radius 3 is 2.78 bits per heavy atom. The highest BCUT2D eigenvalue weighted by molar-refractivity contribution is 9.10. The van der Waals surface area contributed by atoms with Crippen LogP contribution in [0.15, 0.2) is 17.0 Å². The molecule has 0 bridgehead atoms. The van der Waals surface area contributed by atoms with Crippen LogP contribution in [0.4, 0.5) is 5.82 Å². The summed E-state index contributed by atoms with van der Waals surface area (Å²) in [6, 6.07) is 0.499. The number of nitrogens with two attached hydrogens (primary N) is 1. The van der Waals surface area contributed by atoms with E-state index in [0.29, 0.717) is 11.9 Å². The van der Waals surface area contributed by atoms with Gasteiger partial charge in [0.1, 0.15) is 17.8 Å². The van der Waals surface area contributed by atoms with Gasteiger partial charge in [-0.25, -0.2) is 9.97 Å². The number of nitrogen functional groups attached to an aromatic ring is 1. The molecular formula is C11H15BrClN5. The Hall–Kier alpha value is -0.850. The van der Waals surface area contributed by atoms with Crippen LogP contribution >= 0.6 is 28.3 Å². The fourth-order valence-corrected chi connectivity index (χ4v) is 3.03. The molecule has 3 N–H and O–H groups in total. The van der Waals surface area contributed by atoms with E-state index in [1.54, 1.807) is 0 Å². The number of halogens is 2. The van der Waals surface area contributed by atoms with Crippen LogP contribution in [0.5, 0.6) is 0 Å². The Balaban J connectivity index is 0.00000120. The van der Waals surface area contributed by atoms with Gasteiger partial charge >= 0.3 is 0 Å². The van der Waals surface area contributed by atoms with Crippen LogP contribution in [0.3, 0.4) is 0 Å². The first-order chi connectivity index (χ1) is 8.27. The molecule has 1 aliphatic rings. The summed E-state index contributed by atoms with van der Waals surface area (Å²) in [5, 5.41) is 4.29. The first-order valence-corrected chi connectivity index (χ1v) is 6.54. The van der Waals surface area contributed by atoms with Crippen molar-refractivity contribution >= 4 is 45.2 Å². The molecule has 18 heavy (non-hydrogen) atoms. The van der Waals surface area contributed by atoms with Crippen LogP contribution in [0, 0.1) is 0 Å². The molecular weight excluding hydrogens is 318 g/mol. The summed E-state index contributed by atoms with van der Waals surface area (Å²) in [5.74, 6) is 0.537. The molecule has 2 aromatic heterocycles. The van der Waals surface area contributed by atoms with E-state index in [4.69, 9.17) is 5.73 Å². The first-order valence-electron chi connectivity index (χ1n) is 5.74. The molecule has 0 amide bonds. The molecule has 7 heteroatoms. The lowest BCUT2D eigenvalue weighted by Crippen LogP contribution is -2.29. The Labute approximate surface area is 120 Å². The van der Waals surface area contributed by atoms with Crippen LogP contribution in [-0.2, 0) is 0 Å². The van der Waals surface area contributed by atoms with Crippen molar-refractivity contribution in [1.82, 2.24) is 19.9 Å². The molecule has 5 nitrogen and oxygen atoms in total. The number of nitrogens with zero attached hydrogens (tertiary/aromatic N) is 3. The van der Waals surface area contributed by atoms with E-state index in [2.05, 4.69) is 42.0 Å². The molecule has 0 aliphatic carbocycles. The van der Waals surface area contributed by atoms with Crippen molar-refractivity contribution in [1.29, 1.82) is 0 Å². The predicted octanol–water partition coefficient (Wildman–Crippen LogP) is 2.12. The van der Waals surface area contributed by atoms with Gasteiger partial charge in [-0.1, -0.05) is 0 Å². The minimum absolute atomic E-state index is 0. The summed E-state index contributed by atoms with van der Waals surface area (Å²) in [6.07, 6.45) is 5.85. The van der Waals surface area contributed by atoms with Crippen molar-refractivity contribution < 1.29 is 0 Å². The number of fused-ring (bicyclic) bond motifs is 1. The number of anilines is 1. The predicted molar refractivity (Wildman–Crippen MR) is 78.0 cm³/mol. The zero-order valence-electron chi connectivity index (χ0n) is 9.77. The lowest BCUT2D eigenvalue weighted by Gasteiger charge is -2.24. The maximum atomic E-state index is 5.89. The summed E-state index contributed by atoms with van der Waals surface area (Å²) in [4.78, 5) is 8.40. The molecule has 0 unspecified atom stereocenters. The van der Waals surface area contributed by atoms with Crippen LogP contribution < -0.4 is 11.1 Å². The lowest BCUT2D eigenvalue weighted by atomic mass is 10.1. The third kappa shape index (κ3) is 2.20. The summed E-state index contributed by atoms with van der Waals surface area (Å²) >= 11 is 3.54. The largest absolute Gasteiger partial charge is 0.383 e. The van der Waals surface area contributed by atoms with E-state index in [0.717, 1.165) is 41.4 Å². The quantitative estimate of drug-likeness (QED) is 0.839. The maximum absolute atomic E-state index is 5.89. The van der Waals surface area contributed by atoms with E-state index >= 15 is 0 Å². The molecule has 0 atom stereocenters. The van der Waals surface area contributed by atoms with Crippen LogP contribution in [0.1, 0.15) is 18.9 Å². The molecule has 98 valence electrons. The molecule has 0 radical (unpaired) electrons. The fraction of sp³-hybridized carbons (Fsp3) is 0.455. The number of aromatic nitrogens is 3. The normalized spacial score (nSPS) is 16.7. The van der Waals surface area contributed by atoms with Gasteiger partial charge in [0, 0.05) is 16.7 Å². The summed E-state index contributed by atoms with van der Waals surface area (Å²) in [5.41, 5.74) is 6.82. The van der Waals surface area contributed by atoms with Crippen molar-refractivity contribution in [3.63, 3.8) is 0 Å². The van der Waals surface area contributed by atoms with E-state index in [-0.39, 0.29) is 12.4 Å². The van der Waals surface area contributed by atoms with Gasteiger partial charge in [-0.2, -0.15) is 0 Å². The Bertz CT molecular complexity index is 550. The van der Waals surface area contributed by atoms with Gasteiger partial charge in [-0.15, -0.1) is 12.4 Å². The highest BCUT2D eigenvalue weighted by Gasteiger charge is 2.20. The molecule has 0 spiro atoms. The lowest BCUT2D eigenvalue weighted by molar-refractivity contribution is 0.374. The second-order valence-electron chi connectivity index (χ2n) is 4.32. The third-order valence-electron chi connectivity index (χ3n) is 3.29. The summed E-state index contributed by atoms with van der Waals surface area (Å²) < 4.78 is 3.20. The fourth-order valence-electron chi connectivity index (χ4n) is 2.43. The molecule has 1 fully saturated rings. The van der Waals surface area contributed by atoms with E-state index in [1.807, 2.05) is 0 Å². The van der Waals surface area contributed by atoms with Gasteiger partial charge in [0.25, 0.3) is 0 Å². The Kier molecular flexibility index (Phi) is 4.09. The molecule has 3 heterocycles. The summed E-state index contributed by atoms with van der Waals surface area (Å²) in [6.45, 7) is 2.12. The van der Waals surface area contributed by atoms with Crippen molar-refractivity contribution in [3.8, 4) is 0 Å². The third-order valence-corrected chi connectivity index (χ3v) is 3.90. The van der Waals surface area contributed by atoms with E-state index in [1.165, 1.54) is 6.33 Å². The van der Waals surface area contributed by atoms with Gasteiger partial charge in [-0.3, -0.25) is 0 Å². The highest BCUT2D eigenvalue weighted by Crippen LogP contribution is 2.32. The zero-order chi connectivity index (χ0) is 11.8. The number of nitrogens with one attached hydrogen (secondary N) is 1. The smallest absolute Gasteiger partial charge is 0.146 e. The Morgan fingerprint density at radius 2 is 2.06 bits per heavy atom. The van der Waals surface area contributed by atoms with E-state index < -0.39 is 0 Å². The van der Waals surface area contributed by atoms with Gasteiger partial charge in [0.2, 0.25) is 0 Å². The van der Waals surface area contributed by atoms with Crippen molar-refractivity contribution in [3.05, 3.63) is 17.0 Å². The minimum atomic E-state index is 0. The molecule has 1 aliphatic heterocycles. The number of hydrogen-bond donors (Lipinski definition) is 2. The average molecular weight is 333 g/mol. The molecule has 1 saturated heterocycles. The van der Waals surface area contributed by atoms with Crippen molar-refractivity contribution in [2.75, 3.05) is 18.8 Å². The van der Waals surface area contributed by atoms with Gasteiger partial charge < -0.3 is 15.6 Å². The van der Waals surface area contributed by atoms with Crippen molar-refractivity contribution in [2.24, 2.45) is 0 Å². The second kappa shape index (κ2) is 5.42. The highest BCUT2D eigenvalue weighted by atomic mass is 79.9. The van der Waals surface area contributed by atoms with Crippen molar-refractivity contribution in [2.45, 2.75) is 18.9 Å². The molecule has 0 saturated carbocycles. The number of hydrogen-bond acceptors (Lipinski definition) is 4. The van der Waals surface area contributed by atoms with Gasteiger partial charge in [0.15, 0.2) is 0 Å². The molecule has 0 aromatic carbocycles. The first kappa shape index (κ1) is 13.6. The maximum Gasteiger partial charge on any atom is 0.146 e.